The van der Waals surface area contributed by atoms with Gasteiger partial charge in [-0.1, -0.05) is 12.8 Å². The average molecular weight is 260 g/mol. The summed E-state index contributed by atoms with van der Waals surface area (Å²) in [6.07, 6.45) is 7.40. The van der Waals surface area contributed by atoms with Crippen LogP contribution in [0.3, 0.4) is 0 Å². The standard InChI is InChI=1S/C14H20N4O/c15-13-8-7-11(16-17-13)14(19)18-9-3-6-12(18)10-4-1-2-5-10/h7-8,10,12H,1-6,9H2,(H2,15,17). The van der Waals surface area contributed by atoms with Crippen LogP contribution in [0.1, 0.15) is 49.0 Å². The van der Waals surface area contributed by atoms with E-state index in [4.69, 9.17) is 5.73 Å². The van der Waals surface area contributed by atoms with Crippen LogP contribution in [-0.4, -0.2) is 33.6 Å². The summed E-state index contributed by atoms with van der Waals surface area (Å²) >= 11 is 0. The zero-order chi connectivity index (χ0) is 13.2. The Bertz CT molecular complexity index is 453. The predicted octanol–water partition coefficient (Wildman–Crippen LogP) is 1.85. The summed E-state index contributed by atoms with van der Waals surface area (Å²) in [7, 11) is 0. The van der Waals surface area contributed by atoms with Crippen LogP contribution < -0.4 is 5.73 Å². The second-order valence-electron chi connectivity index (χ2n) is 5.60. The molecule has 1 amide bonds. The van der Waals surface area contributed by atoms with Gasteiger partial charge in [0.1, 0.15) is 5.82 Å². The molecule has 1 saturated carbocycles. The monoisotopic (exact) mass is 260 g/mol. The fourth-order valence-corrected chi connectivity index (χ4v) is 3.48. The van der Waals surface area contributed by atoms with Crippen LogP contribution in [0.4, 0.5) is 5.82 Å². The molecule has 5 nitrogen and oxygen atoms in total. The van der Waals surface area contributed by atoms with Crippen molar-refractivity contribution in [1.29, 1.82) is 0 Å². The van der Waals surface area contributed by atoms with E-state index in [1.54, 1.807) is 12.1 Å². The number of amides is 1. The van der Waals surface area contributed by atoms with Gasteiger partial charge < -0.3 is 10.6 Å². The molecule has 1 aliphatic heterocycles. The first-order chi connectivity index (χ1) is 9.25. The fraction of sp³-hybridized carbons (Fsp3) is 0.643. The van der Waals surface area contributed by atoms with Gasteiger partial charge >= 0.3 is 0 Å². The molecule has 1 atom stereocenters. The van der Waals surface area contributed by atoms with Crippen molar-refractivity contribution < 1.29 is 4.79 Å². The first kappa shape index (κ1) is 12.4. The van der Waals surface area contributed by atoms with Crippen molar-refractivity contribution in [1.82, 2.24) is 15.1 Å². The van der Waals surface area contributed by atoms with Crippen LogP contribution in [0.2, 0.25) is 0 Å². The number of nitrogens with zero attached hydrogens (tertiary/aromatic N) is 3. The van der Waals surface area contributed by atoms with Gasteiger partial charge in [0.2, 0.25) is 0 Å². The number of hydrogen-bond donors (Lipinski definition) is 1. The summed E-state index contributed by atoms with van der Waals surface area (Å²) in [5.41, 5.74) is 5.92. The predicted molar refractivity (Wildman–Crippen MR) is 72.5 cm³/mol. The lowest BCUT2D eigenvalue weighted by atomic mass is 9.96. The highest BCUT2D eigenvalue weighted by Crippen LogP contribution is 2.35. The molecule has 5 heteroatoms. The topological polar surface area (TPSA) is 72.1 Å². The van der Waals surface area contributed by atoms with Gasteiger partial charge in [-0.15, -0.1) is 10.2 Å². The molecule has 0 radical (unpaired) electrons. The molecule has 0 aromatic carbocycles. The third-order valence-electron chi connectivity index (χ3n) is 4.41. The Labute approximate surface area is 113 Å². The van der Waals surface area contributed by atoms with Gasteiger partial charge in [-0.05, 0) is 43.7 Å². The smallest absolute Gasteiger partial charge is 0.274 e. The normalized spacial score (nSPS) is 24.0. The molecule has 19 heavy (non-hydrogen) atoms. The zero-order valence-electron chi connectivity index (χ0n) is 11.1. The summed E-state index contributed by atoms with van der Waals surface area (Å²) in [6.45, 7) is 0.853. The van der Waals surface area contributed by atoms with Gasteiger partial charge in [-0.25, -0.2) is 0 Å². The largest absolute Gasteiger partial charge is 0.382 e. The van der Waals surface area contributed by atoms with E-state index >= 15 is 0 Å². The Morgan fingerprint density at radius 1 is 1.16 bits per heavy atom. The van der Waals surface area contributed by atoms with Gasteiger partial charge in [0.15, 0.2) is 5.69 Å². The molecule has 2 heterocycles. The van der Waals surface area contributed by atoms with E-state index in [9.17, 15) is 4.79 Å². The van der Waals surface area contributed by atoms with E-state index in [0.29, 0.717) is 23.5 Å². The van der Waals surface area contributed by atoms with Crippen molar-refractivity contribution in [2.45, 2.75) is 44.6 Å². The molecule has 1 aliphatic carbocycles. The Morgan fingerprint density at radius 2 is 1.95 bits per heavy atom. The van der Waals surface area contributed by atoms with Gasteiger partial charge in [0, 0.05) is 12.6 Å². The van der Waals surface area contributed by atoms with Crippen LogP contribution in [0.5, 0.6) is 0 Å². The Hall–Kier alpha value is -1.65. The number of nitrogen functional groups attached to an aromatic ring is 1. The third-order valence-corrected chi connectivity index (χ3v) is 4.41. The van der Waals surface area contributed by atoms with Crippen molar-refractivity contribution >= 4 is 11.7 Å². The van der Waals surface area contributed by atoms with Crippen molar-refractivity contribution in [2.75, 3.05) is 12.3 Å². The lowest BCUT2D eigenvalue weighted by Gasteiger charge is -2.29. The Kier molecular flexibility index (Phi) is 3.36. The Balaban J connectivity index is 1.76. The third kappa shape index (κ3) is 2.41. The zero-order valence-corrected chi connectivity index (χ0v) is 11.1. The summed E-state index contributed by atoms with van der Waals surface area (Å²) in [5.74, 6) is 1.06. The van der Waals surface area contributed by atoms with Crippen LogP contribution in [0, 0.1) is 5.92 Å². The van der Waals surface area contributed by atoms with E-state index < -0.39 is 0 Å². The minimum atomic E-state index is 0.0156. The number of rotatable bonds is 2. The number of carbonyl (C=O) groups is 1. The average Bonchev–Trinajstić information content (AvgIpc) is 3.09. The molecule has 0 bridgehead atoms. The molecule has 2 fully saturated rings. The maximum Gasteiger partial charge on any atom is 0.274 e. The van der Waals surface area contributed by atoms with Crippen molar-refractivity contribution in [3.05, 3.63) is 17.8 Å². The SMILES string of the molecule is Nc1ccc(C(=O)N2CCCC2C2CCCC2)nn1. The quantitative estimate of drug-likeness (QED) is 0.881. The number of carbonyl (C=O) groups excluding carboxylic acids is 1. The van der Waals surface area contributed by atoms with Crippen molar-refractivity contribution in [3.8, 4) is 0 Å². The number of nitrogens with two attached hydrogens (primary N) is 1. The Morgan fingerprint density at radius 3 is 2.63 bits per heavy atom. The van der Waals surface area contributed by atoms with Gasteiger partial charge in [0.25, 0.3) is 5.91 Å². The molecule has 1 aromatic rings. The van der Waals surface area contributed by atoms with E-state index in [1.807, 2.05) is 4.90 Å². The molecular weight excluding hydrogens is 240 g/mol. The first-order valence-corrected chi connectivity index (χ1v) is 7.16. The van der Waals surface area contributed by atoms with Crippen LogP contribution in [0.25, 0.3) is 0 Å². The number of hydrogen-bond acceptors (Lipinski definition) is 4. The van der Waals surface area contributed by atoms with Gasteiger partial charge in [0.05, 0.1) is 0 Å². The highest BCUT2D eigenvalue weighted by atomic mass is 16.2. The second-order valence-corrected chi connectivity index (χ2v) is 5.60. The number of anilines is 1. The van der Waals surface area contributed by atoms with Crippen molar-refractivity contribution in [2.24, 2.45) is 5.92 Å². The lowest BCUT2D eigenvalue weighted by Crippen LogP contribution is -2.39. The highest BCUT2D eigenvalue weighted by molar-refractivity contribution is 5.92. The number of likely N-dealkylation sites (tertiary alicyclic amines) is 1. The highest BCUT2D eigenvalue weighted by Gasteiger charge is 2.36. The summed E-state index contributed by atoms with van der Waals surface area (Å²) < 4.78 is 0. The van der Waals surface area contributed by atoms with Crippen LogP contribution >= 0.6 is 0 Å². The molecule has 1 aromatic heterocycles. The molecule has 1 saturated heterocycles. The van der Waals surface area contributed by atoms with E-state index in [2.05, 4.69) is 10.2 Å². The second kappa shape index (κ2) is 5.15. The van der Waals surface area contributed by atoms with Crippen LogP contribution in [0.15, 0.2) is 12.1 Å². The van der Waals surface area contributed by atoms with Gasteiger partial charge in [-0.3, -0.25) is 4.79 Å². The van der Waals surface area contributed by atoms with Crippen molar-refractivity contribution in [3.63, 3.8) is 0 Å². The first-order valence-electron chi connectivity index (χ1n) is 7.16. The molecule has 0 spiro atoms. The lowest BCUT2D eigenvalue weighted by molar-refractivity contribution is 0.0682. The minimum Gasteiger partial charge on any atom is -0.382 e. The molecule has 2 N–H and O–H groups in total. The molecule has 102 valence electrons. The molecule has 2 aliphatic rings. The molecular formula is C14H20N4O. The fourth-order valence-electron chi connectivity index (χ4n) is 3.48. The van der Waals surface area contributed by atoms with E-state index in [0.717, 1.165) is 19.4 Å². The minimum absolute atomic E-state index is 0.0156. The van der Waals surface area contributed by atoms with Crippen LogP contribution in [-0.2, 0) is 0 Å². The molecule has 1 unspecified atom stereocenters. The van der Waals surface area contributed by atoms with E-state index in [1.165, 1.54) is 25.7 Å². The van der Waals surface area contributed by atoms with Gasteiger partial charge in [-0.2, -0.15) is 0 Å². The maximum absolute atomic E-state index is 12.5. The number of aromatic nitrogens is 2. The summed E-state index contributed by atoms with van der Waals surface area (Å²) in [4.78, 5) is 14.5. The summed E-state index contributed by atoms with van der Waals surface area (Å²) in [6, 6.07) is 3.73. The maximum atomic E-state index is 12.5. The summed E-state index contributed by atoms with van der Waals surface area (Å²) in [5, 5.41) is 7.69. The van der Waals surface area contributed by atoms with E-state index in [-0.39, 0.29) is 5.91 Å². The molecule has 3 rings (SSSR count).